The van der Waals surface area contributed by atoms with Crippen LogP contribution in [0.2, 0.25) is 0 Å². The maximum absolute atomic E-state index is 12.1. The van der Waals surface area contributed by atoms with Gasteiger partial charge in [-0.05, 0) is 12.5 Å². The van der Waals surface area contributed by atoms with Crippen LogP contribution in [0.1, 0.15) is 29.2 Å². The number of aromatic hydroxyl groups is 1. The number of aryl methyl sites for hydroxylation is 1. The molecule has 5 nitrogen and oxygen atoms in total. The molecule has 0 aliphatic carbocycles. The Morgan fingerprint density at radius 2 is 2.00 bits per heavy atom. The number of ether oxygens (including phenoxy) is 1. The van der Waals surface area contributed by atoms with E-state index in [0.29, 0.717) is 5.76 Å². The summed E-state index contributed by atoms with van der Waals surface area (Å²) >= 11 is 0. The fraction of sp³-hybridized carbons (Fsp3) is 0.250. The molecule has 5 heteroatoms. The van der Waals surface area contributed by atoms with Crippen molar-refractivity contribution in [3.63, 3.8) is 0 Å². The van der Waals surface area contributed by atoms with Gasteiger partial charge in [-0.2, -0.15) is 0 Å². The van der Waals surface area contributed by atoms with Crippen molar-refractivity contribution in [1.82, 2.24) is 0 Å². The van der Waals surface area contributed by atoms with Crippen LogP contribution in [0.25, 0.3) is 0 Å². The Morgan fingerprint density at radius 1 is 1.33 bits per heavy atom. The predicted octanol–water partition coefficient (Wildman–Crippen LogP) is 2.35. The molecule has 2 aromatic rings. The van der Waals surface area contributed by atoms with Crippen molar-refractivity contribution in [3.8, 4) is 5.75 Å². The molecule has 0 fully saturated rings. The third-order valence-electron chi connectivity index (χ3n) is 3.24. The first-order valence-corrected chi connectivity index (χ1v) is 6.48. The van der Waals surface area contributed by atoms with Gasteiger partial charge in [0.1, 0.15) is 11.5 Å². The molecule has 0 spiro atoms. The number of hydrogen-bond acceptors (Lipinski definition) is 5. The molecular weight excluding hydrogens is 272 g/mol. The van der Waals surface area contributed by atoms with Crippen molar-refractivity contribution in [2.24, 2.45) is 0 Å². The van der Waals surface area contributed by atoms with Gasteiger partial charge in [0, 0.05) is 12.0 Å². The number of rotatable bonds is 4. The van der Waals surface area contributed by atoms with Crippen LogP contribution >= 0.6 is 0 Å². The summed E-state index contributed by atoms with van der Waals surface area (Å²) < 4.78 is 9.71. The number of methoxy groups -OCH3 is 1. The monoisotopic (exact) mass is 288 g/mol. The van der Waals surface area contributed by atoms with Gasteiger partial charge in [0.25, 0.3) is 0 Å². The molecule has 1 atom stereocenters. The number of carbonyl (C=O) groups is 1. The van der Waals surface area contributed by atoms with Gasteiger partial charge in [0.15, 0.2) is 0 Å². The SMILES string of the molecule is COC(=O)C[C@H](c1ccccc1)c1c(O)cc(C)oc1=O. The number of carbonyl (C=O) groups excluding carboxylic acids is 1. The second-order valence-corrected chi connectivity index (χ2v) is 4.69. The van der Waals surface area contributed by atoms with Crippen LogP contribution in [0.4, 0.5) is 0 Å². The van der Waals surface area contributed by atoms with Gasteiger partial charge in [0.2, 0.25) is 0 Å². The first kappa shape index (κ1) is 14.8. The van der Waals surface area contributed by atoms with E-state index in [2.05, 4.69) is 4.74 Å². The Bertz CT molecular complexity index is 688. The quantitative estimate of drug-likeness (QED) is 0.874. The summed E-state index contributed by atoms with van der Waals surface area (Å²) in [4.78, 5) is 23.7. The van der Waals surface area contributed by atoms with Gasteiger partial charge in [-0.1, -0.05) is 30.3 Å². The average Bonchev–Trinajstić information content (AvgIpc) is 2.46. The van der Waals surface area contributed by atoms with Gasteiger partial charge in [-0.15, -0.1) is 0 Å². The highest BCUT2D eigenvalue weighted by Gasteiger charge is 2.25. The highest BCUT2D eigenvalue weighted by molar-refractivity contribution is 5.71. The number of hydrogen-bond donors (Lipinski definition) is 1. The normalized spacial score (nSPS) is 11.9. The van der Waals surface area contributed by atoms with Crippen molar-refractivity contribution >= 4 is 5.97 Å². The molecule has 110 valence electrons. The summed E-state index contributed by atoms with van der Waals surface area (Å²) in [6, 6.07) is 10.4. The van der Waals surface area contributed by atoms with Gasteiger partial charge in [0.05, 0.1) is 19.1 Å². The molecule has 0 aliphatic heterocycles. The molecule has 0 unspecified atom stereocenters. The maximum Gasteiger partial charge on any atom is 0.343 e. The Balaban J connectivity index is 2.55. The number of esters is 1. The second-order valence-electron chi connectivity index (χ2n) is 4.69. The Kier molecular flexibility index (Phi) is 4.42. The molecule has 0 aliphatic rings. The first-order chi connectivity index (χ1) is 10.0. The summed E-state index contributed by atoms with van der Waals surface area (Å²) in [6.45, 7) is 1.57. The van der Waals surface area contributed by atoms with Crippen LogP contribution in [0.3, 0.4) is 0 Å². The van der Waals surface area contributed by atoms with Crippen molar-refractivity contribution < 1.29 is 19.1 Å². The Morgan fingerprint density at radius 3 is 2.57 bits per heavy atom. The molecule has 1 heterocycles. The zero-order chi connectivity index (χ0) is 15.4. The molecule has 1 N–H and O–H groups in total. The van der Waals surface area contributed by atoms with E-state index in [-0.39, 0.29) is 17.7 Å². The van der Waals surface area contributed by atoms with Gasteiger partial charge in [-0.25, -0.2) is 4.79 Å². The molecule has 1 aromatic carbocycles. The molecule has 1 aromatic heterocycles. The van der Waals surface area contributed by atoms with E-state index >= 15 is 0 Å². The van der Waals surface area contributed by atoms with E-state index in [9.17, 15) is 14.7 Å². The van der Waals surface area contributed by atoms with Gasteiger partial charge in [-0.3, -0.25) is 4.79 Å². The third-order valence-corrected chi connectivity index (χ3v) is 3.24. The zero-order valence-electron chi connectivity index (χ0n) is 11.8. The molecule has 0 saturated carbocycles. The largest absolute Gasteiger partial charge is 0.507 e. The third kappa shape index (κ3) is 3.31. The molecular formula is C16H16O5. The molecule has 0 amide bonds. The highest BCUT2D eigenvalue weighted by Crippen LogP contribution is 2.32. The zero-order valence-corrected chi connectivity index (χ0v) is 11.8. The van der Waals surface area contributed by atoms with E-state index in [1.165, 1.54) is 13.2 Å². The Labute approximate surface area is 121 Å². The fourth-order valence-corrected chi connectivity index (χ4v) is 2.25. The number of benzene rings is 1. The lowest BCUT2D eigenvalue weighted by Crippen LogP contribution is -2.18. The van der Waals surface area contributed by atoms with Crippen molar-refractivity contribution in [3.05, 3.63) is 63.7 Å². The molecule has 2 rings (SSSR count). The van der Waals surface area contributed by atoms with Crippen LogP contribution in [-0.2, 0) is 9.53 Å². The summed E-state index contributed by atoms with van der Waals surface area (Å²) in [5.41, 5.74) is 0.150. The molecule has 0 radical (unpaired) electrons. The van der Waals surface area contributed by atoms with Gasteiger partial charge >= 0.3 is 11.6 Å². The lowest BCUT2D eigenvalue weighted by molar-refractivity contribution is -0.140. The highest BCUT2D eigenvalue weighted by atomic mass is 16.5. The summed E-state index contributed by atoms with van der Waals surface area (Å²) in [5, 5.41) is 10.1. The van der Waals surface area contributed by atoms with E-state index in [1.54, 1.807) is 31.2 Å². The summed E-state index contributed by atoms with van der Waals surface area (Å²) in [5.74, 6) is -0.952. The summed E-state index contributed by atoms with van der Waals surface area (Å²) in [6.07, 6.45) is -0.0537. The van der Waals surface area contributed by atoms with Crippen molar-refractivity contribution in [1.29, 1.82) is 0 Å². The minimum atomic E-state index is -0.648. The maximum atomic E-state index is 12.1. The average molecular weight is 288 g/mol. The lowest BCUT2D eigenvalue weighted by Gasteiger charge is -2.16. The second kappa shape index (κ2) is 6.26. The van der Waals surface area contributed by atoms with Crippen molar-refractivity contribution in [2.45, 2.75) is 19.3 Å². The van der Waals surface area contributed by atoms with Crippen molar-refractivity contribution in [2.75, 3.05) is 7.11 Å². The van der Waals surface area contributed by atoms with E-state index < -0.39 is 17.5 Å². The minimum absolute atomic E-state index is 0.0537. The van der Waals surface area contributed by atoms with E-state index in [1.807, 2.05) is 6.07 Å². The van der Waals surface area contributed by atoms with Gasteiger partial charge < -0.3 is 14.3 Å². The van der Waals surface area contributed by atoms with E-state index in [4.69, 9.17) is 4.42 Å². The van der Waals surface area contributed by atoms with E-state index in [0.717, 1.165) is 5.56 Å². The standard InChI is InChI=1S/C16H16O5/c1-10-8-13(17)15(16(19)21-10)12(9-14(18)20-2)11-6-4-3-5-7-11/h3-8,12,17H,9H2,1-2H3/t12-/m1/s1. The molecule has 0 saturated heterocycles. The van der Waals surface area contributed by atoms with Crippen LogP contribution in [-0.4, -0.2) is 18.2 Å². The molecule has 0 bridgehead atoms. The van der Waals surface area contributed by atoms with Crippen LogP contribution in [0.15, 0.2) is 45.6 Å². The topological polar surface area (TPSA) is 76.7 Å². The Hall–Kier alpha value is -2.56. The molecule has 21 heavy (non-hydrogen) atoms. The van der Waals surface area contributed by atoms with Crippen LogP contribution < -0.4 is 5.63 Å². The van der Waals surface area contributed by atoms with Crippen LogP contribution in [0.5, 0.6) is 5.75 Å². The lowest BCUT2D eigenvalue weighted by atomic mass is 9.89. The predicted molar refractivity (Wildman–Crippen MR) is 76.3 cm³/mol. The minimum Gasteiger partial charge on any atom is -0.507 e. The van der Waals surface area contributed by atoms with Crippen LogP contribution in [0, 0.1) is 6.92 Å². The first-order valence-electron chi connectivity index (χ1n) is 6.48. The summed E-state index contributed by atoms with van der Waals surface area (Å²) in [7, 11) is 1.28. The smallest absolute Gasteiger partial charge is 0.343 e. The fourth-order valence-electron chi connectivity index (χ4n) is 2.25.